The molecule has 0 spiro atoms. The minimum absolute atomic E-state index is 0.307. The Labute approximate surface area is 137 Å². The number of ether oxygens (including phenoxy) is 1. The first-order valence-corrected chi connectivity index (χ1v) is 8.41. The molecular formula is C16H18N2O4S. The second kappa shape index (κ2) is 6.54. The van der Waals surface area contributed by atoms with Crippen LogP contribution < -0.4 is 5.32 Å². The van der Waals surface area contributed by atoms with Gasteiger partial charge in [-0.25, -0.2) is 4.79 Å². The molecule has 0 aromatic carbocycles. The maximum absolute atomic E-state index is 12.2. The molecule has 122 valence electrons. The molecule has 23 heavy (non-hydrogen) atoms. The van der Waals surface area contributed by atoms with Crippen molar-refractivity contribution in [3.8, 4) is 0 Å². The van der Waals surface area contributed by atoms with Crippen molar-refractivity contribution in [1.82, 2.24) is 5.16 Å². The van der Waals surface area contributed by atoms with E-state index in [1.807, 2.05) is 6.07 Å². The second-order valence-electron chi connectivity index (χ2n) is 5.63. The first kappa shape index (κ1) is 15.7. The topological polar surface area (TPSA) is 81.4 Å². The van der Waals surface area contributed by atoms with E-state index < -0.39 is 18.0 Å². The van der Waals surface area contributed by atoms with Crippen LogP contribution in [-0.2, 0) is 22.4 Å². The number of rotatable bonds is 4. The van der Waals surface area contributed by atoms with E-state index in [9.17, 15) is 9.59 Å². The van der Waals surface area contributed by atoms with E-state index in [0.29, 0.717) is 16.5 Å². The van der Waals surface area contributed by atoms with E-state index in [4.69, 9.17) is 9.26 Å². The molecule has 3 rings (SSSR count). The molecule has 0 saturated heterocycles. The summed E-state index contributed by atoms with van der Waals surface area (Å²) in [5, 5.41) is 6.22. The van der Waals surface area contributed by atoms with Crippen LogP contribution in [0.2, 0.25) is 0 Å². The predicted molar refractivity (Wildman–Crippen MR) is 85.7 cm³/mol. The molecule has 2 aromatic heterocycles. The minimum Gasteiger partial charge on any atom is -0.448 e. The normalized spacial score (nSPS) is 14.9. The van der Waals surface area contributed by atoms with Crippen LogP contribution in [0.3, 0.4) is 0 Å². The monoisotopic (exact) mass is 334 g/mol. The molecule has 0 bridgehead atoms. The zero-order chi connectivity index (χ0) is 16.4. The first-order chi connectivity index (χ1) is 11.0. The quantitative estimate of drug-likeness (QED) is 0.869. The van der Waals surface area contributed by atoms with E-state index >= 15 is 0 Å². The highest BCUT2D eigenvalue weighted by atomic mass is 32.1. The van der Waals surface area contributed by atoms with Crippen LogP contribution >= 0.6 is 11.3 Å². The first-order valence-electron chi connectivity index (χ1n) is 7.59. The highest BCUT2D eigenvalue weighted by molar-refractivity contribution is 7.14. The average Bonchev–Trinajstić information content (AvgIpc) is 3.13. The summed E-state index contributed by atoms with van der Waals surface area (Å²) in [4.78, 5) is 26.1. The van der Waals surface area contributed by atoms with Gasteiger partial charge in [0.25, 0.3) is 5.91 Å². The van der Waals surface area contributed by atoms with Crippen LogP contribution in [0, 0.1) is 6.92 Å². The van der Waals surface area contributed by atoms with Gasteiger partial charge in [0.2, 0.25) is 0 Å². The number of thiophene rings is 1. The van der Waals surface area contributed by atoms with Crippen LogP contribution in [0.5, 0.6) is 0 Å². The molecule has 1 atom stereocenters. The van der Waals surface area contributed by atoms with Crippen molar-refractivity contribution in [2.75, 3.05) is 5.32 Å². The maximum atomic E-state index is 12.2. The molecule has 0 fully saturated rings. The number of carbonyl (C=O) groups is 2. The summed E-state index contributed by atoms with van der Waals surface area (Å²) < 4.78 is 10.1. The third-order valence-electron chi connectivity index (χ3n) is 3.73. The van der Waals surface area contributed by atoms with Gasteiger partial charge in [0, 0.05) is 10.9 Å². The van der Waals surface area contributed by atoms with Gasteiger partial charge in [-0.2, -0.15) is 0 Å². The second-order valence-corrected chi connectivity index (χ2v) is 6.76. The lowest BCUT2D eigenvalue weighted by molar-refractivity contribution is -0.123. The zero-order valence-corrected chi connectivity index (χ0v) is 13.9. The molecule has 0 unspecified atom stereocenters. The fraction of sp³-hybridized carbons (Fsp3) is 0.438. The Kier molecular flexibility index (Phi) is 4.47. The Bertz CT molecular complexity index is 711. The largest absolute Gasteiger partial charge is 0.448 e. The maximum Gasteiger partial charge on any atom is 0.349 e. The van der Waals surface area contributed by atoms with E-state index in [2.05, 4.69) is 10.5 Å². The number of nitrogens with zero attached hydrogens (tertiary/aromatic N) is 1. The molecule has 0 aliphatic heterocycles. The number of esters is 1. The molecule has 1 amide bonds. The Morgan fingerprint density at radius 1 is 1.35 bits per heavy atom. The van der Waals surface area contributed by atoms with Crippen LogP contribution in [-0.4, -0.2) is 23.1 Å². The molecule has 1 aliphatic rings. The molecular weight excluding hydrogens is 316 g/mol. The number of hydrogen-bond donors (Lipinski definition) is 1. The minimum atomic E-state index is -0.904. The average molecular weight is 334 g/mol. The molecule has 7 heteroatoms. The van der Waals surface area contributed by atoms with Gasteiger partial charge in [0.05, 0.1) is 0 Å². The van der Waals surface area contributed by atoms with Crippen LogP contribution in [0.1, 0.15) is 45.6 Å². The predicted octanol–water partition coefficient (Wildman–Crippen LogP) is 3.11. The number of carbonyl (C=O) groups excluding carboxylic acids is 2. The lowest BCUT2D eigenvalue weighted by atomic mass is 9.99. The molecule has 6 nitrogen and oxygen atoms in total. The molecule has 1 aliphatic carbocycles. The SMILES string of the molecule is Cc1cc(NC(=O)[C@@H](C)OC(=O)c2cc3c(s2)CCCC3)no1. The van der Waals surface area contributed by atoms with E-state index in [1.165, 1.54) is 28.7 Å². The van der Waals surface area contributed by atoms with Gasteiger partial charge in [-0.1, -0.05) is 5.16 Å². The summed E-state index contributed by atoms with van der Waals surface area (Å²) in [6.07, 6.45) is 3.46. The Morgan fingerprint density at radius 2 is 2.13 bits per heavy atom. The smallest absolute Gasteiger partial charge is 0.349 e. The van der Waals surface area contributed by atoms with Crippen LogP contribution in [0.25, 0.3) is 0 Å². The number of hydrogen-bond acceptors (Lipinski definition) is 6. The highest BCUT2D eigenvalue weighted by Crippen LogP contribution is 2.30. The molecule has 2 aromatic rings. The van der Waals surface area contributed by atoms with Gasteiger partial charge >= 0.3 is 5.97 Å². The lowest BCUT2D eigenvalue weighted by Crippen LogP contribution is -2.29. The summed E-state index contributed by atoms with van der Waals surface area (Å²) in [5.74, 6) is 0.00690. The summed E-state index contributed by atoms with van der Waals surface area (Å²) >= 11 is 1.47. The number of nitrogens with one attached hydrogen (secondary N) is 1. The summed E-state index contributed by atoms with van der Waals surface area (Å²) in [5.41, 5.74) is 1.24. The van der Waals surface area contributed by atoms with Gasteiger partial charge in [0.1, 0.15) is 10.6 Å². The van der Waals surface area contributed by atoms with Crippen molar-refractivity contribution < 1.29 is 18.8 Å². The van der Waals surface area contributed by atoms with E-state index in [-0.39, 0.29) is 0 Å². The van der Waals surface area contributed by atoms with Gasteiger partial charge in [0.15, 0.2) is 11.9 Å². The van der Waals surface area contributed by atoms with Gasteiger partial charge in [-0.15, -0.1) is 11.3 Å². The van der Waals surface area contributed by atoms with Gasteiger partial charge in [-0.3, -0.25) is 4.79 Å². The van der Waals surface area contributed by atoms with Crippen molar-refractivity contribution in [3.05, 3.63) is 33.2 Å². The highest BCUT2D eigenvalue weighted by Gasteiger charge is 2.23. The third kappa shape index (κ3) is 3.61. The Hall–Kier alpha value is -2.15. The fourth-order valence-electron chi connectivity index (χ4n) is 2.52. The van der Waals surface area contributed by atoms with E-state index in [1.54, 1.807) is 13.0 Å². The van der Waals surface area contributed by atoms with Crippen molar-refractivity contribution in [2.24, 2.45) is 0 Å². The molecule has 0 radical (unpaired) electrons. The van der Waals surface area contributed by atoms with Gasteiger partial charge in [-0.05, 0) is 51.2 Å². The Balaban J connectivity index is 1.60. The number of anilines is 1. The van der Waals surface area contributed by atoms with Crippen LogP contribution in [0.15, 0.2) is 16.7 Å². The van der Waals surface area contributed by atoms with E-state index in [0.717, 1.165) is 25.7 Å². The summed E-state index contributed by atoms with van der Waals surface area (Å²) in [6, 6.07) is 3.49. The lowest BCUT2D eigenvalue weighted by Gasteiger charge is -2.11. The molecule has 1 N–H and O–H groups in total. The number of fused-ring (bicyclic) bond motifs is 1. The standard InChI is InChI=1S/C16H18N2O4S/c1-9-7-14(18-22-9)17-15(19)10(2)21-16(20)13-8-11-5-3-4-6-12(11)23-13/h7-8,10H,3-6H2,1-2H3,(H,17,18,19)/t10-/m1/s1. The van der Waals surface area contributed by atoms with Crippen molar-refractivity contribution in [1.29, 1.82) is 0 Å². The fourth-order valence-corrected chi connectivity index (χ4v) is 3.65. The number of amides is 1. The van der Waals surface area contributed by atoms with Crippen molar-refractivity contribution in [3.63, 3.8) is 0 Å². The summed E-state index contributed by atoms with van der Waals surface area (Å²) in [7, 11) is 0. The molecule has 2 heterocycles. The Morgan fingerprint density at radius 3 is 2.83 bits per heavy atom. The third-order valence-corrected chi connectivity index (χ3v) is 4.95. The summed E-state index contributed by atoms with van der Waals surface area (Å²) in [6.45, 7) is 3.26. The number of aryl methyl sites for hydroxylation is 3. The number of aromatic nitrogens is 1. The van der Waals surface area contributed by atoms with Gasteiger partial charge < -0.3 is 14.6 Å². The van der Waals surface area contributed by atoms with Crippen molar-refractivity contribution >= 4 is 29.0 Å². The zero-order valence-electron chi connectivity index (χ0n) is 13.0. The van der Waals surface area contributed by atoms with Crippen molar-refractivity contribution in [2.45, 2.75) is 45.6 Å². The molecule has 0 saturated carbocycles. The van der Waals surface area contributed by atoms with Crippen LogP contribution in [0.4, 0.5) is 5.82 Å².